The minimum Gasteiger partial charge on any atom is -0.486 e. The van der Waals surface area contributed by atoms with E-state index in [1.54, 1.807) is 18.2 Å². The summed E-state index contributed by atoms with van der Waals surface area (Å²) in [7, 11) is 2.09. The molecule has 36 heavy (non-hydrogen) atoms. The number of fused-ring (bicyclic) bond motifs is 1. The fraction of sp³-hybridized carbons (Fsp3) is 0.414. The summed E-state index contributed by atoms with van der Waals surface area (Å²) in [6.07, 6.45) is 3.41. The number of ether oxygens (including phenoxy) is 1. The van der Waals surface area contributed by atoms with Crippen LogP contribution in [0.1, 0.15) is 49.4 Å². The number of aromatic nitrogens is 1. The van der Waals surface area contributed by atoms with Crippen molar-refractivity contribution < 1.29 is 17.9 Å². The topological polar surface area (TPSA) is 28.6 Å². The molecule has 0 spiro atoms. The second-order valence-corrected chi connectivity index (χ2v) is 10.2. The molecule has 7 heteroatoms. The Labute approximate surface area is 210 Å². The maximum atomic E-state index is 15.0. The van der Waals surface area contributed by atoms with E-state index in [-0.39, 0.29) is 29.1 Å². The van der Waals surface area contributed by atoms with Crippen LogP contribution in [-0.2, 0) is 6.42 Å². The number of hydrogen-bond donors (Lipinski definition) is 0. The van der Waals surface area contributed by atoms with Crippen molar-refractivity contribution in [1.29, 1.82) is 0 Å². The highest BCUT2D eigenvalue weighted by atomic mass is 19.1. The molecule has 0 N–H and O–H groups in total. The highest BCUT2D eigenvalue weighted by Gasteiger charge is 2.25. The summed E-state index contributed by atoms with van der Waals surface area (Å²) >= 11 is 0. The van der Waals surface area contributed by atoms with Crippen molar-refractivity contribution in [3.63, 3.8) is 0 Å². The third kappa shape index (κ3) is 4.94. The van der Waals surface area contributed by atoms with Gasteiger partial charge in [0.15, 0.2) is 11.6 Å². The first-order valence-electron chi connectivity index (χ1n) is 12.6. The maximum absolute atomic E-state index is 15.0. The highest BCUT2D eigenvalue weighted by Crippen LogP contribution is 2.40. The molecule has 1 fully saturated rings. The van der Waals surface area contributed by atoms with Gasteiger partial charge in [0, 0.05) is 23.7 Å². The Morgan fingerprint density at radius 3 is 2.47 bits per heavy atom. The molecule has 0 saturated carbocycles. The SMILES string of the molecule is CC(C)N1CCOc2c(F)cc(-c3cc(Cc4ccc(C5CCN(C)CC5)c(F)c4)ncc3F)cc21. The number of hydrogen-bond acceptors (Lipinski definition) is 4. The van der Waals surface area contributed by atoms with Gasteiger partial charge >= 0.3 is 0 Å². The second kappa shape index (κ2) is 10.1. The molecular formula is C29H32F3N3O. The number of halogens is 3. The van der Waals surface area contributed by atoms with Crippen molar-refractivity contribution in [1.82, 2.24) is 9.88 Å². The number of anilines is 1. The van der Waals surface area contributed by atoms with Crippen molar-refractivity contribution in [2.45, 2.75) is 45.1 Å². The van der Waals surface area contributed by atoms with Crippen LogP contribution in [0.15, 0.2) is 42.6 Å². The summed E-state index contributed by atoms with van der Waals surface area (Å²) in [6, 6.07) is 10.2. The molecule has 4 nitrogen and oxygen atoms in total. The Bertz CT molecular complexity index is 1250. The van der Waals surface area contributed by atoms with Gasteiger partial charge < -0.3 is 14.5 Å². The maximum Gasteiger partial charge on any atom is 0.178 e. The average Bonchev–Trinajstić information content (AvgIpc) is 2.85. The van der Waals surface area contributed by atoms with Gasteiger partial charge in [-0.1, -0.05) is 12.1 Å². The summed E-state index contributed by atoms with van der Waals surface area (Å²) < 4.78 is 50.4. The van der Waals surface area contributed by atoms with E-state index in [9.17, 15) is 13.2 Å². The number of rotatable bonds is 5. The van der Waals surface area contributed by atoms with E-state index in [1.807, 2.05) is 26.0 Å². The Hall–Kier alpha value is -3.06. The number of likely N-dealkylation sites (tertiary alicyclic amines) is 1. The van der Waals surface area contributed by atoms with E-state index in [0.29, 0.717) is 36.5 Å². The minimum atomic E-state index is -0.533. The van der Waals surface area contributed by atoms with Gasteiger partial charge in [-0.2, -0.15) is 0 Å². The van der Waals surface area contributed by atoms with Crippen LogP contribution in [-0.4, -0.2) is 49.2 Å². The molecule has 0 bridgehead atoms. The van der Waals surface area contributed by atoms with Gasteiger partial charge in [0.05, 0.1) is 18.4 Å². The molecule has 2 aliphatic rings. The van der Waals surface area contributed by atoms with E-state index in [1.165, 1.54) is 6.07 Å². The van der Waals surface area contributed by atoms with E-state index < -0.39 is 11.6 Å². The molecule has 5 rings (SSSR count). The standard InChI is InChI=1S/C29H32F3N3O/c1-18(2)35-10-11-36-29-26(31)14-21(15-28(29)35)24-16-22(33-17-27(24)32)12-19-4-5-23(25(30)13-19)20-6-8-34(3)9-7-20/h4-5,13-18,20H,6-12H2,1-3H3. The normalized spacial score (nSPS) is 16.8. The van der Waals surface area contributed by atoms with Crippen LogP contribution >= 0.6 is 0 Å². The minimum absolute atomic E-state index is 0.146. The van der Waals surface area contributed by atoms with E-state index >= 15 is 0 Å². The average molecular weight is 496 g/mol. The molecule has 0 radical (unpaired) electrons. The monoisotopic (exact) mass is 495 g/mol. The number of pyridine rings is 1. The fourth-order valence-corrected chi connectivity index (χ4v) is 5.33. The van der Waals surface area contributed by atoms with Crippen molar-refractivity contribution in [2.75, 3.05) is 38.2 Å². The smallest absolute Gasteiger partial charge is 0.178 e. The molecule has 190 valence electrons. The number of piperidine rings is 1. The van der Waals surface area contributed by atoms with Crippen LogP contribution in [0.4, 0.5) is 18.9 Å². The summed E-state index contributed by atoms with van der Waals surface area (Å²) in [5, 5.41) is 0. The van der Waals surface area contributed by atoms with Crippen LogP contribution in [0.3, 0.4) is 0 Å². The van der Waals surface area contributed by atoms with Gasteiger partial charge in [-0.15, -0.1) is 0 Å². The third-order valence-electron chi connectivity index (χ3n) is 7.37. The quantitative estimate of drug-likeness (QED) is 0.423. The summed E-state index contributed by atoms with van der Waals surface area (Å²) in [4.78, 5) is 8.55. The van der Waals surface area contributed by atoms with Crippen molar-refractivity contribution >= 4 is 5.69 Å². The Kier molecular flexibility index (Phi) is 6.93. The molecule has 0 amide bonds. The largest absolute Gasteiger partial charge is 0.486 e. The van der Waals surface area contributed by atoms with Crippen LogP contribution in [0, 0.1) is 17.5 Å². The molecule has 2 aliphatic heterocycles. The molecule has 0 unspecified atom stereocenters. The molecule has 2 aromatic carbocycles. The first kappa shape index (κ1) is 24.6. The van der Waals surface area contributed by atoms with Gasteiger partial charge in [0.2, 0.25) is 0 Å². The predicted octanol–water partition coefficient (Wildman–Crippen LogP) is 6.17. The third-order valence-corrected chi connectivity index (χ3v) is 7.37. The highest BCUT2D eigenvalue weighted by molar-refractivity contribution is 5.74. The van der Waals surface area contributed by atoms with Gasteiger partial charge in [0.25, 0.3) is 0 Å². The summed E-state index contributed by atoms with van der Waals surface area (Å²) in [6.45, 7) is 7.04. The van der Waals surface area contributed by atoms with Gasteiger partial charge in [-0.25, -0.2) is 13.2 Å². The molecule has 3 aromatic rings. The molecule has 0 aliphatic carbocycles. The first-order valence-corrected chi connectivity index (χ1v) is 12.6. The van der Waals surface area contributed by atoms with Crippen LogP contribution in [0.2, 0.25) is 0 Å². The summed E-state index contributed by atoms with van der Waals surface area (Å²) in [5.41, 5.74) is 3.43. The lowest BCUT2D eigenvalue weighted by Crippen LogP contribution is -2.38. The zero-order chi connectivity index (χ0) is 25.4. The van der Waals surface area contributed by atoms with Crippen LogP contribution in [0.25, 0.3) is 11.1 Å². The predicted molar refractivity (Wildman–Crippen MR) is 136 cm³/mol. The van der Waals surface area contributed by atoms with Crippen LogP contribution in [0.5, 0.6) is 5.75 Å². The molecule has 1 saturated heterocycles. The van der Waals surface area contributed by atoms with Gasteiger partial charge in [0.1, 0.15) is 18.2 Å². The molecule has 0 atom stereocenters. The lowest BCUT2D eigenvalue weighted by atomic mass is 9.88. The van der Waals surface area contributed by atoms with Gasteiger partial charge in [-0.05, 0) is 93.7 Å². The first-order chi connectivity index (χ1) is 17.3. The second-order valence-electron chi connectivity index (χ2n) is 10.2. The zero-order valence-corrected chi connectivity index (χ0v) is 21.0. The number of benzene rings is 2. The van der Waals surface area contributed by atoms with Gasteiger partial charge in [-0.3, -0.25) is 4.98 Å². The number of nitrogens with zero attached hydrogens (tertiary/aromatic N) is 3. The Morgan fingerprint density at radius 2 is 1.75 bits per heavy atom. The fourth-order valence-electron chi connectivity index (χ4n) is 5.33. The molecular weight excluding hydrogens is 463 g/mol. The zero-order valence-electron chi connectivity index (χ0n) is 21.0. The van der Waals surface area contributed by atoms with Crippen molar-refractivity contribution in [2.24, 2.45) is 0 Å². The van der Waals surface area contributed by atoms with Crippen molar-refractivity contribution in [3.8, 4) is 16.9 Å². The van der Waals surface area contributed by atoms with Crippen molar-refractivity contribution in [3.05, 3.63) is 76.9 Å². The molecule has 1 aromatic heterocycles. The Morgan fingerprint density at radius 1 is 0.972 bits per heavy atom. The van der Waals surface area contributed by atoms with E-state index in [4.69, 9.17) is 4.74 Å². The van der Waals surface area contributed by atoms with E-state index in [2.05, 4.69) is 21.8 Å². The molecule has 3 heterocycles. The van der Waals surface area contributed by atoms with Crippen LogP contribution < -0.4 is 9.64 Å². The van der Waals surface area contributed by atoms with E-state index in [0.717, 1.165) is 43.3 Å². The summed E-state index contributed by atoms with van der Waals surface area (Å²) in [5.74, 6) is -0.811. The Balaban J connectivity index is 1.41. The lowest BCUT2D eigenvalue weighted by Gasteiger charge is -2.35. The lowest BCUT2D eigenvalue weighted by molar-refractivity contribution is 0.253.